The van der Waals surface area contributed by atoms with Gasteiger partial charge < -0.3 is 15.6 Å². The first-order valence-electron chi connectivity index (χ1n) is 5.91. The molecule has 1 aromatic carbocycles. The van der Waals surface area contributed by atoms with Crippen LogP contribution in [0.5, 0.6) is 5.75 Å². The third kappa shape index (κ3) is 3.09. The normalized spacial score (nSPS) is 14.1. The summed E-state index contributed by atoms with van der Waals surface area (Å²) < 4.78 is 5.33. The van der Waals surface area contributed by atoms with Gasteiger partial charge in [-0.1, -0.05) is 11.6 Å². The minimum atomic E-state index is -0.663. The SMILES string of the molecule is COc1ccc(Cl)cc1C(CN)C(O)c1ccsc1. The zero-order chi connectivity index (χ0) is 13.8. The first-order chi connectivity index (χ1) is 9.17. The van der Waals surface area contributed by atoms with Gasteiger partial charge in [0.2, 0.25) is 0 Å². The van der Waals surface area contributed by atoms with E-state index in [9.17, 15) is 5.11 Å². The van der Waals surface area contributed by atoms with E-state index in [1.807, 2.05) is 16.8 Å². The maximum absolute atomic E-state index is 10.5. The van der Waals surface area contributed by atoms with Crippen LogP contribution in [0.15, 0.2) is 35.0 Å². The molecule has 2 aromatic rings. The van der Waals surface area contributed by atoms with Crippen molar-refractivity contribution in [2.24, 2.45) is 5.73 Å². The maximum Gasteiger partial charge on any atom is 0.122 e. The van der Waals surface area contributed by atoms with Crippen molar-refractivity contribution in [1.82, 2.24) is 0 Å². The lowest BCUT2D eigenvalue weighted by molar-refractivity contribution is 0.146. The van der Waals surface area contributed by atoms with Gasteiger partial charge in [0.15, 0.2) is 0 Å². The predicted octanol–water partition coefficient (Wildman–Crippen LogP) is 3.19. The van der Waals surface area contributed by atoms with E-state index in [2.05, 4.69) is 0 Å². The summed E-state index contributed by atoms with van der Waals surface area (Å²) in [7, 11) is 1.59. The highest BCUT2D eigenvalue weighted by atomic mass is 35.5. The molecule has 19 heavy (non-hydrogen) atoms. The van der Waals surface area contributed by atoms with Crippen molar-refractivity contribution in [2.75, 3.05) is 13.7 Å². The van der Waals surface area contributed by atoms with Crippen molar-refractivity contribution < 1.29 is 9.84 Å². The maximum atomic E-state index is 10.5. The number of ether oxygens (including phenoxy) is 1. The van der Waals surface area contributed by atoms with Gasteiger partial charge in [0.05, 0.1) is 13.2 Å². The molecule has 0 saturated carbocycles. The highest BCUT2D eigenvalue weighted by Crippen LogP contribution is 2.37. The summed E-state index contributed by atoms with van der Waals surface area (Å²) in [5.74, 6) is 0.442. The van der Waals surface area contributed by atoms with Gasteiger partial charge in [-0.25, -0.2) is 0 Å². The third-order valence-electron chi connectivity index (χ3n) is 3.11. The molecule has 1 heterocycles. The van der Waals surface area contributed by atoms with Crippen LogP contribution in [0.25, 0.3) is 0 Å². The van der Waals surface area contributed by atoms with E-state index in [0.29, 0.717) is 17.3 Å². The number of benzene rings is 1. The fourth-order valence-corrected chi connectivity index (χ4v) is 2.97. The van der Waals surface area contributed by atoms with Gasteiger partial charge in [-0.2, -0.15) is 11.3 Å². The molecule has 2 unspecified atom stereocenters. The van der Waals surface area contributed by atoms with Gasteiger partial charge >= 0.3 is 0 Å². The topological polar surface area (TPSA) is 55.5 Å². The highest BCUT2D eigenvalue weighted by Gasteiger charge is 2.25. The molecule has 5 heteroatoms. The van der Waals surface area contributed by atoms with Gasteiger partial charge in [-0.05, 0) is 40.6 Å². The van der Waals surface area contributed by atoms with E-state index < -0.39 is 6.10 Å². The average Bonchev–Trinajstić information content (AvgIpc) is 2.93. The molecule has 2 rings (SSSR count). The Morgan fingerprint density at radius 3 is 2.79 bits per heavy atom. The first kappa shape index (κ1) is 14.3. The van der Waals surface area contributed by atoms with Crippen LogP contribution in [0.2, 0.25) is 5.02 Å². The minimum absolute atomic E-state index is 0.247. The van der Waals surface area contributed by atoms with E-state index in [4.69, 9.17) is 22.1 Å². The molecule has 0 bridgehead atoms. The Morgan fingerprint density at radius 1 is 1.42 bits per heavy atom. The minimum Gasteiger partial charge on any atom is -0.496 e. The van der Waals surface area contributed by atoms with Crippen molar-refractivity contribution in [1.29, 1.82) is 0 Å². The number of halogens is 1. The molecular weight excluding hydrogens is 282 g/mol. The molecule has 0 aliphatic carbocycles. The molecule has 0 spiro atoms. The summed E-state index contributed by atoms with van der Waals surface area (Å²) in [4.78, 5) is 0. The summed E-state index contributed by atoms with van der Waals surface area (Å²) in [5, 5.41) is 14.9. The Labute approximate surface area is 121 Å². The van der Waals surface area contributed by atoms with Crippen molar-refractivity contribution >= 4 is 22.9 Å². The zero-order valence-corrected chi connectivity index (χ0v) is 12.1. The Balaban J connectivity index is 2.39. The number of hydrogen-bond donors (Lipinski definition) is 2. The molecule has 3 N–H and O–H groups in total. The van der Waals surface area contributed by atoms with Crippen LogP contribution < -0.4 is 10.5 Å². The van der Waals surface area contributed by atoms with Crippen molar-refractivity contribution in [2.45, 2.75) is 12.0 Å². The van der Waals surface area contributed by atoms with Gasteiger partial charge in [0, 0.05) is 23.0 Å². The largest absolute Gasteiger partial charge is 0.496 e. The average molecular weight is 298 g/mol. The Morgan fingerprint density at radius 2 is 2.21 bits per heavy atom. The quantitative estimate of drug-likeness (QED) is 0.891. The molecule has 2 atom stereocenters. The Bertz CT molecular complexity index is 530. The van der Waals surface area contributed by atoms with Gasteiger partial charge in [-0.15, -0.1) is 0 Å². The van der Waals surface area contributed by atoms with E-state index in [0.717, 1.165) is 11.1 Å². The van der Waals surface area contributed by atoms with Crippen LogP contribution in [0.4, 0.5) is 0 Å². The molecule has 0 fully saturated rings. The summed E-state index contributed by atoms with van der Waals surface area (Å²) in [6, 6.07) is 7.25. The van der Waals surface area contributed by atoms with Crippen LogP contribution >= 0.6 is 22.9 Å². The number of nitrogens with two attached hydrogens (primary N) is 1. The summed E-state index contributed by atoms with van der Waals surface area (Å²) >= 11 is 7.57. The fourth-order valence-electron chi connectivity index (χ4n) is 2.10. The number of aliphatic hydroxyl groups excluding tert-OH is 1. The van der Waals surface area contributed by atoms with Gasteiger partial charge in [-0.3, -0.25) is 0 Å². The van der Waals surface area contributed by atoms with E-state index in [1.165, 1.54) is 0 Å². The number of rotatable bonds is 5. The lowest BCUT2D eigenvalue weighted by Crippen LogP contribution is -2.20. The molecule has 102 valence electrons. The van der Waals surface area contributed by atoms with Crippen molar-refractivity contribution in [3.63, 3.8) is 0 Å². The standard InChI is InChI=1S/C14H16ClNO2S/c1-18-13-3-2-10(15)6-11(13)12(7-16)14(17)9-4-5-19-8-9/h2-6,8,12,14,17H,7,16H2,1H3. The van der Waals surface area contributed by atoms with Crippen molar-refractivity contribution in [3.8, 4) is 5.75 Å². The van der Waals surface area contributed by atoms with Gasteiger partial charge in [0.25, 0.3) is 0 Å². The second kappa shape index (κ2) is 6.39. The Hall–Kier alpha value is -1.07. The van der Waals surface area contributed by atoms with E-state index >= 15 is 0 Å². The van der Waals surface area contributed by atoms with Crippen LogP contribution in [0, 0.1) is 0 Å². The van der Waals surface area contributed by atoms with Crippen LogP contribution in [-0.2, 0) is 0 Å². The molecular formula is C14H16ClNO2S. The zero-order valence-electron chi connectivity index (χ0n) is 10.5. The number of thiophene rings is 1. The molecule has 1 aromatic heterocycles. The monoisotopic (exact) mass is 297 g/mol. The fraction of sp³-hybridized carbons (Fsp3) is 0.286. The molecule has 0 amide bonds. The van der Waals surface area contributed by atoms with Gasteiger partial charge in [0.1, 0.15) is 5.75 Å². The molecule has 0 saturated heterocycles. The summed E-state index contributed by atoms with van der Waals surface area (Å²) in [6.07, 6.45) is -0.663. The number of aliphatic hydroxyl groups is 1. The van der Waals surface area contributed by atoms with Crippen molar-refractivity contribution in [3.05, 3.63) is 51.2 Å². The number of hydrogen-bond acceptors (Lipinski definition) is 4. The molecule has 0 aliphatic rings. The summed E-state index contributed by atoms with van der Waals surface area (Å²) in [5.41, 5.74) is 7.52. The van der Waals surface area contributed by atoms with Crippen LogP contribution in [0.3, 0.4) is 0 Å². The molecule has 0 aliphatic heterocycles. The lowest BCUT2D eigenvalue weighted by Gasteiger charge is -2.23. The molecule has 0 radical (unpaired) electrons. The number of methoxy groups -OCH3 is 1. The predicted molar refractivity (Wildman–Crippen MR) is 79.1 cm³/mol. The second-order valence-electron chi connectivity index (χ2n) is 4.23. The summed E-state index contributed by atoms with van der Waals surface area (Å²) in [6.45, 7) is 0.313. The Kier molecular flexibility index (Phi) is 4.82. The first-order valence-corrected chi connectivity index (χ1v) is 7.23. The highest BCUT2D eigenvalue weighted by molar-refractivity contribution is 7.07. The van der Waals surface area contributed by atoms with Crippen LogP contribution in [-0.4, -0.2) is 18.8 Å². The lowest BCUT2D eigenvalue weighted by atomic mass is 9.89. The van der Waals surface area contributed by atoms with Crippen LogP contribution in [0.1, 0.15) is 23.1 Å². The third-order valence-corrected chi connectivity index (χ3v) is 4.05. The second-order valence-corrected chi connectivity index (χ2v) is 5.45. The van der Waals surface area contributed by atoms with E-state index in [1.54, 1.807) is 36.6 Å². The van der Waals surface area contributed by atoms with E-state index in [-0.39, 0.29) is 5.92 Å². The molecule has 3 nitrogen and oxygen atoms in total. The smallest absolute Gasteiger partial charge is 0.122 e.